The van der Waals surface area contributed by atoms with Crippen molar-refractivity contribution in [3.8, 4) is 11.5 Å². The Bertz CT molecular complexity index is 3890. The van der Waals surface area contributed by atoms with Gasteiger partial charge in [0.2, 0.25) is 0 Å². The number of aliphatic hydroxyl groups is 1. The van der Waals surface area contributed by atoms with Crippen molar-refractivity contribution in [1.29, 1.82) is 0 Å². The molecule has 21 nitrogen and oxygen atoms in total. The summed E-state index contributed by atoms with van der Waals surface area (Å²) in [5.41, 5.74) is -2.33. The molecule has 0 radical (unpaired) electrons. The Balaban J connectivity index is 1.03. The van der Waals surface area contributed by atoms with E-state index in [0.29, 0.717) is 27.2 Å². The smallest absolute Gasteiger partial charge is 0.338 e. The first-order valence-corrected chi connectivity index (χ1v) is 29.6. The highest BCUT2D eigenvalue weighted by atomic mass is 16.7. The Morgan fingerprint density at radius 1 is 0.522 bits per heavy atom. The van der Waals surface area contributed by atoms with Gasteiger partial charge < -0.3 is 57.2 Å². The van der Waals surface area contributed by atoms with Crippen molar-refractivity contribution in [2.75, 3.05) is 27.4 Å². The van der Waals surface area contributed by atoms with E-state index in [4.69, 9.17) is 52.1 Å². The quantitative estimate of drug-likeness (QED) is 0.0356. The fourth-order valence-corrected chi connectivity index (χ4v) is 10.6. The van der Waals surface area contributed by atoms with E-state index in [2.05, 4.69) is 0 Å². The molecule has 476 valence electrons. The number of hydrogen-bond donors (Lipinski definition) is 1. The monoisotopic (exact) mass is 1250 g/mol. The number of rotatable bonds is 23. The molecule has 0 saturated carbocycles. The topological polar surface area (TPSA) is 251 Å². The molecule has 0 aliphatic carbocycles. The summed E-state index contributed by atoms with van der Waals surface area (Å²) in [6, 6.07) is 55.5. The molecule has 2 aliphatic heterocycles. The van der Waals surface area contributed by atoms with E-state index in [1.54, 1.807) is 132 Å². The zero-order valence-electron chi connectivity index (χ0n) is 51.0. The summed E-state index contributed by atoms with van der Waals surface area (Å²) in [7, 11) is 3.12. The molecule has 92 heavy (non-hydrogen) atoms. The van der Waals surface area contributed by atoms with Gasteiger partial charge in [0.25, 0.3) is 5.56 Å². The van der Waals surface area contributed by atoms with Gasteiger partial charge in [-0.15, -0.1) is 0 Å². The van der Waals surface area contributed by atoms with E-state index in [1.165, 1.54) is 48.5 Å². The van der Waals surface area contributed by atoms with Crippen LogP contribution in [0.15, 0.2) is 216 Å². The number of hydrogen-bond acceptors (Lipinski definition) is 19. The van der Waals surface area contributed by atoms with Gasteiger partial charge in [-0.05, 0) is 110 Å². The third-order valence-electron chi connectivity index (χ3n) is 15.5. The molecule has 0 unspecified atom stereocenters. The Hall–Kier alpha value is -10.0. The first-order valence-electron chi connectivity index (χ1n) is 29.6. The molecule has 2 saturated heterocycles. The summed E-state index contributed by atoms with van der Waals surface area (Å²) in [6.07, 6.45) is -11.7. The average Bonchev–Trinajstić information content (AvgIpc) is 1.14. The van der Waals surface area contributed by atoms with Gasteiger partial charge in [0, 0.05) is 12.6 Å². The van der Waals surface area contributed by atoms with Crippen molar-refractivity contribution in [3.63, 3.8) is 0 Å². The molecule has 1 aromatic heterocycles. The molecule has 2 aliphatic rings. The fraction of sp³-hybridized carbons (Fsp3) is 0.282. The minimum atomic E-state index is -1.89. The van der Waals surface area contributed by atoms with E-state index < -0.39 is 121 Å². The summed E-state index contributed by atoms with van der Waals surface area (Å²) < 4.78 is 69.5. The number of aliphatic hydroxyl groups excluding tert-OH is 1. The van der Waals surface area contributed by atoms with Crippen LogP contribution in [0.5, 0.6) is 11.5 Å². The Labute approximate surface area is 529 Å². The van der Waals surface area contributed by atoms with Gasteiger partial charge in [-0.1, -0.05) is 127 Å². The highest BCUT2D eigenvalue weighted by Gasteiger charge is 2.54. The van der Waals surface area contributed by atoms with Crippen LogP contribution in [-0.4, -0.2) is 114 Å². The van der Waals surface area contributed by atoms with Crippen LogP contribution in [0.1, 0.15) is 97.1 Å². The third kappa shape index (κ3) is 14.9. The van der Waals surface area contributed by atoms with Crippen LogP contribution in [0, 0.1) is 5.41 Å². The molecule has 0 amide bonds. The summed E-state index contributed by atoms with van der Waals surface area (Å²) >= 11 is 0. The SMILES string of the molecule is COc1ccc(C(OC[C@H]2O[C@@H](n3cc(CO[C@@H]4O[C@H](COC(=O)c5ccccc5)[C@@H](OC(=O)c5ccccc5)[C@H](OC(=O)c5ccccc5)[C@H]4OC(=O)c4ccccc4)c(=O)n(COC(=O)C(C)(C)C)c3=O)C[C@@H]2O)(c2ccccc2)c2ccc(OC)cc2)cc1. The van der Waals surface area contributed by atoms with Crippen LogP contribution in [0.3, 0.4) is 0 Å². The van der Waals surface area contributed by atoms with Crippen molar-refractivity contribution in [2.24, 2.45) is 5.41 Å². The van der Waals surface area contributed by atoms with Gasteiger partial charge in [-0.2, -0.15) is 0 Å². The lowest BCUT2D eigenvalue weighted by Crippen LogP contribution is -2.63. The molecular weight excluding hydrogens is 1180 g/mol. The maximum atomic E-state index is 14.9. The second kappa shape index (κ2) is 29.3. The molecule has 0 bridgehead atoms. The van der Waals surface area contributed by atoms with Gasteiger partial charge in [0.05, 0.1) is 66.8 Å². The van der Waals surface area contributed by atoms with Crippen LogP contribution in [0.2, 0.25) is 0 Å². The van der Waals surface area contributed by atoms with Gasteiger partial charge in [-0.3, -0.25) is 14.2 Å². The van der Waals surface area contributed by atoms with Crippen LogP contribution in [0.25, 0.3) is 0 Å². The van der Waals surface area contributed by atoms with Crippen molar-refractivity contribution in [2.45, 2.75) is 95.3 Å². The zero-order valence-corrected chi connectivity index (χ0v) is 51.0. The molecule has 10 rings (SSSR count). The number of carbonyl (C=O) groups excluding carboxylic acids is 5. The van der Waals surface area contributed by atoms with Crippen molar-refractivity contribution < 1.29 is 81.2 Å². The normalized spacial score (nSPS) is 19.6. The van der Waals surface area contributed by atoms with Gasteiger partial charge in [0.15, 0.2) is 31.3 Å². The standard InChI is InChI=1S/C71H68N2O19/c1-70(2,3)68(80)86-44-73-62(75)49(40-72(69(73)81)58-39-55(74)56(88-58)43-87-71(50-29-19-10-20-30-50,51-31-35-53(82-4)36-32-51)52-33-37-54(83-5)38-34-52)41-85-67-61(92-66(79)48-27-17-9-18-28-48)60(91-65(78)47-25-15-8-16-26-47)59(90-64(77)46-23-13-7-14-24-46)57(89-67)42-84-63(76)45-21-11-6-12-22-45/h6-38,40,55-61,67,74H,39,41-44H2,1-5H3/t55-,56+,57+,58+,59+,60-,61+,67+/m0/s1. The summed E-state index contributed by atoms with van der Waals surface area (Å²) in [5, 5.41) is 12.0. The van der Waals surface area contributed by atoms with Crippen molar-refractivity contribution >= 4 is 29.8 Å². The molecular formula is C71H68N2O19. The number of benzene rings is 7. The van der Waals surface area contributed by atoms with Gasteiger partial charge in [0.1, 0.15) is 42.1 Å². The molecule has 1 N–H and O–H groups in total. The van der Waals surface area contributed by atoms with Crippen LogP contribution < -0.4 is 20.7 Å². The van der Waals surface area contributed by atoms with Crippen molar-refractivity contribution in [3.05, 3.63) is 272 Å². The van der Waals surface area contributed by atoms with Crippen LogP contribution in [0.4, 0.5) is 0 Å². The molecule has 21 heteroatoms. The van der Waals surface area contributed by atoms with E-state index >= 15 is 0 Å². The number of carbonyl (C=O) groups is 5. The maximum Gasteiger partial charge on any atom is 0.338 e. The number of nitrogens with zero attached hydrogens (tertiary/aromatic N) is 2. The summed E-state index contributed by atoms with van der Waals surface area (Å²) in [5.74, 6) is -3.25. The Kier molecular flexibility index (Phi) is 20.7. The Morgan fingerprint density at radius 3 is 1.45 bits per heavy atom. The molecule has 7 aromatic carbocycles. The first kappa shape index (κ1) is 64.9. The number of esters is 5. The van der Waals surface area contributed by atoms with Crippen LogP contribution in [-0.2, 0) is 66.4 Å². The fourth-order valence-electron chi connectivity index (χ4n) is 10.6. The molecule has 3 heterocycles. The summed E-state index contributed by atoms with van der Waals surface area (Å²) in [6.45, 7) is 2.13. The number of aromatic nitrogens is 2. The third-order valence-corrected chi connectivity index (χ3v) is 15.5. The lowest BCUT2D eigenvalue weighted by Gasteiger charge is -2.44. The molecule has 8 aromatic rings. The highest BCUT2D eigenvalue weighted by Crippen LogP contribution is 2.43. The number of methoxy groups -OCH3 is 2. The Morgan fingerprint density at radius 2 is 0.967 bits per heavy atom. The highest BCUT2D eigenvalue weighted by molar-refractivity contribution is 5.91. The van der Waals surface area contributed by atoms with Gasteiger partial charge in [-0.25, -0.2) is 28.5 Å². The second-order valence-electron chi connectivity index (χ2n) is 22.7. The largest absolute Gasteiger partial charge is 0.497 e. The lowest BCUT2D eigenvalue weighted by atomic mass is 9.80. The second-order valence-corrected chi connectivity index (χ2v) is 22.7. The first-order chi connectivity index (χ1) is 44.4. The van der Waals surface area contributed by atoms with Crippen molar-refractivity contribution in [1.82, 2.24) is 9.13 Å². The van der Waals surface area contributed by atoms with E-state index in [1.807, 2.05) is 54.6 Å². The number of ether oxygens (including phenoxy) is 11. The summed E-state index contributed by atoms with van der Waals surface area (Å²) in [4.78, 5) is 99.5. The van der Waals surface area contributed by atoms with Crippen LogP contribution >= 0.6 is 0 Å². The minimum Gasteiger partial charge on any atom is -0.497 e. The van der Waals surface area contributed by atoms with Gasteiger partial charge >= 0.3 is 35.5 Å². The van der Waals surface area contributed by atoms with E-state index in [0.717, 1.165) is 16.3 Å². The lowest BCUT2D eigenvalue weighted by molar-refractivity contribution is -0.301. The minimum absolute atomic E-state index is 0.0329. The molecule has 2 fully saturated rings. The predicted octanol–water partition coefficient (Wildman–Crippen LogP) is 9.01. The average molecular weight is 1250 g/mol. The van der Waals surface area contributed by atoms with E-state index in [-0.39, 0.29) is 40.8 Å². The van der Waals surface area contributed by atoms with E-state index in [9.17, 15) is 38.7 Å². The molecule has 8 atom stereocenters. The molecule has 0 spiro atoms. The zero-order chi connectivity index (χ0) is 64.9. The predicted molar refractivity (Wildman–Crippen MR) is 330 cm³/mol. The maximum absolute atomic E-state index is 14.9.